The van der Waals surface area contributed by atoms with Gasteiger partial charge in [0.05, 0.1) is 11.2 Å². The third-order valence-corrected chi connectivity index (χ3v) is 4.81. The van der Waals surface area contributed by atoms with Crippen LogP contribution in [0.4, 0.5) is 5.69 Å². The van der Waals surface area contributed by atoms with Crippen LogP contribution in [0.1, 0.15) is 5.56 Å². The van der Waals surface area contributed by atoms with Gasteiger partial charge < -0.3 is 10.2 Å². The minimum Gasteiger partial charge on any atom is -0.473 e. The van der Waals surface area contributed by atoms with Gasteiger partial charge in [0.25, 0.3) is 5.69 Å². The van der Waals surface area contributed by atoms with E-state index in [-0.39, 0.29) is 5.69 Å². The van der Waals surface area contributed by atoms with Crippen LogP contribution in [0.5, 0.6) is 0 Å². The topological polar surface area (TPSA) is 158 Å². The molecule has 1 aliphatic heterocycles. The summed E-state index contributed by atoms with van der Waals surface area (Å²) in [5.41, 5.74) is 0.948. The van der Waals surface area contributed by atoms with Crippen molar-refractivity contribution in [2.75, 3.05) is 32.4 Å². The fourth-order valence-corrected chi connectivity index (χ4v) is 3.07. The largest absolute Gasteiger partial charge is 0.473 e. The van der Waals surface area contributed by atoms with Crippen LogP contribution in [0.3, 0.4) is 0 Å². The Hall–Kier alpha value is -2.57. The molecule has 0 unspecified atom stereocenters. The van der Waals surface area contributed by atoms with Crippen LogP contribution in [0.25, 0.3) is 0 Å². The van der Waals surface area contributed by atoms with E-state index in [4.69, 9.17) is 19.8 Å². The SMILES string of the molecule is CS(=O)(=O)N1CCN(Cc2cccc([N+](=O)[O-])c2)CC1.O=C(O)C(=O)O. The van der Waals surface area contributed by atoms with Gasteiger partial charge in [0.2, 0.25) is 10.0 Å². The lowest BCUT2D eigenvalue weighted by atomic mass is 10.2. The number of nitro groups is 1. The summed E-state index contributed by atoms with van der Waals surface area (Å²) in [6.45, 7) is 2.80. The third-order valence-electron chi connectivity index (χ3n) is 3.51. The van der Waals surface area contributed by atoms with Crippen LogP contribution in [0, 0.1) is 10.1 Å². The summed E-state index contributed by atoms with van der Waals surface area (Å²) >= 11 is 0. The van der Waals surface area contributed by atoms with Gasteiger partial charge in [0.1, 0.15) is 0 Å². The molecule has 1 aromatic rings. The summed E-state index contributed by atoms with van der Waals surface area (Å²) in [5.74, 6) is -3.65. The number of carboxylic acid groups (broad SMARTS) is 2. The highest BCUT2D eigenvalue weighted by atomic mass is 32.2. The molecule has 144 valence electrons. The second kappa shape index (κ2) is 9.22. The third kappa shape index (κ3) is 7.13. The van der Waals surface area contributed by atoms with E-state index in [1.807, 2.05) is 6.07 Å². The second-order valence-electron chi connectivity index (χ2n) is 5.48. The molecular formula is C14H19N3O8S. The first kappa shape index (κ1) is 21.5. The molecule has 2 N–H and O–H groups in total. The van der Waals surface area contributed by atoms with E-state index in [1.54, 1.807) is 12.1 Å². The van der Waals surface area contributed by atoms with Crippen LogP contribution in [-0.4, -0.2) is 77.1 Å². The van der Waals surface area contributed by atoms with E-state index < -0.39 is 26.9 Å². The van der Waals surface area contributed by atoms with E-state index in [2.05, 4.69) is 4.90 Å². The molecule has 1 heterocycles. The molecule has 11 nitrogen and oxygen atoms in total. The maximum absolute atomic E-state index is 11.4. The molecule has 0 amide bonds. The number of carbonyl (C=O) groups is 2. The van der Waals surface area contributed by atoms with Crippen molar-refractivity contribution in [2.45, 2.75) is 6.54 Å². The number of benzene rings is 1. The number of sulfonamides is 1. The number of nitrogens with zero attached hydrogens (tertiary/aromatic N) is 3. The molecule has 0 bridgehead atoms. The van der Waals surface area contributed by atoms with Crippen LogP contribution >= 0.6 is 0 Å². The molecule has 0 atom stereocenters. The Morgan fingerprint density at radius 1 is 1.15 bits per heavy atom. The van der Waals surface area contributed by atoms with Gasteiger partial charge >= 0.3 is 11.9 Å². The number of aliphatic carboxylic acids is 2. The Labute approximate surface area is 149 Å². The second-order valence-corrected chi connectivity index (χ2v) is 7.46. The molecule has 0 aliphatic carbocycles. The number of carboxylic acids is 2. The number of nitro benzene ring substituents is 1. The molecule has 1 aromatic carbocycles. The lowest BCUT2D eigenvalue weighted by Crippen LogP contribution is -2.47. The van der Waals surface area contributed by atoms with Crippen LogP contribution in [-0.2, 0) is 26.2 Å². The Bertz CT molecular complexity index is 760. The maximum atomic E-state index is 11.4. The summed E-state index contributed by atoms with van der Waals surface area (Å²) in [7, 11) is -3.12. The van der Waals surface area contributed by atoms with Crippen LogP contribution < -0.4 is 0 Å². The fourth-order valence-electron chi connectivity index (χ4n) is 2.25. The predicted molar refractivity (Wildman–Crippen MR) is 90.1 cm³/mol. The maximum Gasteiger partial charge on any atom is 0.414 e. The van der Waals surface area contributed by atoms with Gasteiger partial charge in [0.15, 0.2) is 0 Å². The highest BCUT2D eigenvalue weighted by molar-refractivity contribution is 7.88. The van der Waals surface area contributed by atoms with E-state index in [0.717, 1.165) is 5.56 Å². The summed E-state index contributed by atoms with van der Waals surface area (Å²) in [4.78, 5) is 30.6. The first-order valence-electron chi connectivity index (χ1n) is 7.37. The molecule has 0 aromatic heterocycles. The molecule has 1 aliphatic rings. The molecule has 26 heavy (non-hydrogen) atoms. The van der Waals surface area contributed by atoms with Gasteiger partial charge in [-0.2, -0.15) is 4.31 Å². The molecular weight excluding hydrogens is 370 g/mol. The molecule has 0 saturated carbocycles. The van der Waals surface area contributed by atoms with Crippen molar-refractivity contribution >= 4 is 27.6 Å². The van der Waals surface area contributed by atoms with Crippen molar-refractivity contribution in [3.63, 3.8) is 0 Å². The summed E-state index contributed by atoms with van der Waals surface area (Å²) < 4.78 is 24.3. The molecule has 1 fully saturated rings. The molecule has 0 radical (unpaired) electrons. The van der Waals surface area contributed by atoms with E-state index in [0.29, 0.717) is 32.7 Å². The number of piperazine rings is 1. The van der Waals surface area contributed by atoms with Gasteiger partial charge in [-0.3, -0.25) is 15.0 Å². The molecule has 2 rings (SSSR count). The quantitative estimate of drug-likeness (QED) is 0.405. The van der Waals surface area contributed by atoms with Gasteiger partial charge in [-0.1, -0.05) is 12.1 Å². The zero-order chi connectivity index (χ0) is 19.9. The summed E-state index contributed by atoms with van der Waals surface area (Å²) in [6.07, 6.45) is 1.21. The monoisotopic (exact) mass is 389 g/mol. The van der Waals surface area contributed by atoms with Crippen molar-refractivity contribution in [2.24, 2.45) is 0 Å². The standard InChI is InChI=1S/C12H17N3O4S.C2H2O4/c1-20(18,19)14-7-5-13(6-8-14)10-11-3-2-4-12(9-11)15(16)17;3-1(4)2(5)6/h2-4,9H,5-8,10H2,1H3;(H,3,4)(H,5,6). The van der Waals surface area contributed by atoms with Crippen LogP contribution in [0.2, 0.25) is 0 Å². The first-order chi connectivity index (χ1) is 12.0. The zero-order valence-corrected chi connectivity index (χ0v) is 14.8. The van der Waals surface area contributed by atoms with Crippen LogP contribution in [0.15, 0.2) is 24.3 Å². The Morgan fingerprint density at radius 2 is 1.69 bits per heavy atom. The number of hydrogen-bond acceptors (Lipinski definition) is 7. The lowest BCUT2D eigenvalue weighted by Gasteiger charge is -2.33. The van der Waals surface area contributed by atoms with E-state index in [9.17, 15) is 18.5 Å². The van der Waals surface area contributed by atoms with E-state index >= 15 is 0 Å². The Balaban J connectivity index is 0.000000487. The Morgan fingerprint density at radius 3 is 2.12 bits per heavy atom. The van der Waals surface area contributed by atoms with Crippen molar-refractivity contribution in [3.8, 4) is 0 Å². The smallest absolute Gasteiger partial charge is 0.414 e. The van der Waals surface area contributed by atoms with Gasteiger partial charge in [-0.15, -0.1) is 0 Å². The normalized spacial score (nSPS) is 15.6. The highest BCUT2D eigenvalue weighted by Gasteiger charge is 2.23. The highest BCUT2D eigenvalue weighted by Crippen LogP contribution is 2.16. The van der Waals surface area contributed by atoms with E-state index in [1.165, 1.54) is 16.6 Å². The molecule has 1 saturated heterocycles. The van der Waals surface area contributed by atoms with Gasteiger partial charge in [-0.05, 0) is 5.56 Å². The van der Waals surface area contributed by atoms with Gasteiger partial charge in [0, 0.05) is 44.9 Å². The summed E-state index contributed by atoms with van der Waals surface area (Å²) in [6, 6.07) is 6.53. The van der Waals surface area contributed by atoms with Crippen molar-refractivity contribution in [1.82, 2.24) is 9.21 Å². The number of rotatable bonds is 4. The lowest BCUT2D eigenvalue weighted by molar-refractivity contribution is -0.384. The first-order valence-corrected chi connectivity index (χ1v) is 9.22. The predicted octanol–water partition coefficient (Wildman–Crippen LogP) is -0.172. The number of hydrogen-bond donors (Lipinski definition) is 2. The average molecular weight is 389 g/mol. The Kier molecular flexibility index (Phi) is 7.61. The minimum atomic E-state index is -3.12. The average Bonchev–Trinajstić information content (AvgIpc) is 2.55. The summed E-state index contributed by atoms with van der Waals surface area (Å²) in [5, 5.41) is 25.5. The molecule has 0 spiro atoms. The van der Waals surface area contributed by atoms with Crippen molar-refractivity contribution in [1.29, 1.82) is 0 Å². The zero-order valence-electron chi connectivity index (χ0n) is 13.9. The molecule has 12 heteroatoms. The number of non-ortho nitro benzene ring substituents is 1. The van der Waals surface area contributed by atoms with Crippen molar-refractivity contribution < 1.29 is 33.1 Å². The van der Waals surface area contributed by atoms with Gasteiger partial charge in [-0.25, -0.2) is 18.0 Å². The van der Waals surface area contributed by atoms with Crippen molar-refractivity contribution in [3.05, 3.63) is 39.9 Å². The minimum absolute atomic E-state index is 0.0808. The fraction of sp³-hybridized carbons (Fsp3) is 0.429.